The second-order valence-electron chi connectivity index (χ2n) is 4.31. The van der Waals surface area contributed by atoms with Crippen molar-refractivity contribution in [2.24, 2.45) is 0 Å². The normalized spacial score (nSPS) is 22.8. The molecule has 0 saturated carbocycles. The minimum Gasteiger partial charge on any atom is -0.386 e. The van der Waals surface area contributed by atoms with E-state index in [1.165, 1.54) is 0 Å². The number of carbonyl (C=O) groups excluding carboxylic acids is 1. The van der Waals surface area contributed by atoms with Crippen LogP contribution in [0.15, 0.2) is 24.3 Å². The highest BCUT2D eigenvalue weighted by molar-refractivity contribution is 6.33. The fourth-order valence-electron chi connectivity index (χ4n) is 1.71. The first-order chi connectivity index (χ1) is 8.59. The summed E-state index contributed by atoms with van der Waals surface area (Å²) in [6.07, 6.45) is 0.527. The number of para-hydroxylation sites is 1. The Morgan fingerprint density at radius 3 is 2.94 bits per heavy atom. The smallest absolute Gasteiger partial charge is 0.319 e. The maximum absolute atomic E-state index is 11.6. The molecule has 18 heavy (non-hydrogen) atoms. The Bertz CT molecular complexity index is 433. The molecule has 5 nitrogen and oxygen atoms in total. The first-order valence-electron chi connectivity index (χ1n) is 5.69. The first kappa shape index (κ1) is 13.1. The molecule has 2 amide bonds. The number of aliphatic hydroxyl groups is 1. The average Bonchev–Trinajstić information content (AvgIpc) is 2.77. The van der Waals surface area contributed by atoms with Crippen molar-refractivity contribution in [3.05, 3.63) is 29.3 Å². The van der Waals surface area contributed by atoms with E-state index in [4.69, 9.17) is 16.3 Å². The van der Waals surface area contributed by atoms with Crippen LogP contribution in [0.1, 0.15) is 6.42 Å². The Kier molecular flexibility index (Phi) is 4.06. The van der Waals surface area contributed by atoms with Crippen LogP contribution in [0.5, 0.6) is 0 Å². The average molecular weight is 271 g/mol. The Morgan fingerprint density at radius 1 is 1.50 bits per heavy atom. The monoisotopic (exact) mass is 270 g/mol. The molecule has 1 aliphatic rings. The van der Waals surface area contributed by atoms with Crippen molar-refractivity contribution in [1.82, 2.24) is 5.32 Å². The van der Waals surface area contributed by atoms with Gasteiger partial charge in [0.15, 0.2) is 0 Å². The van der Waals surface area contributed by atoms with E-state index in [9.17, 15) is 9.90 Å². The largest absolute Gasteiger partial charge is 0.386 e. The Labute approximate surface area is 110 Å². The van der Waals surface area contributed by atoms with Crippen LogP contribution in [-0.4, -0.2) is 36.5 Å². The van der Waals surface area contributed by atoms with Gasteiger partial charge in [-0.15, -0.1) is 0 Å². The maximum Gasteiger partial charge on any atom is 0.319 e. The summed E-state index contributed by atoms with van der Waals surface area (Å²) in [5, 5.41) is 15.7. The number of halogens is 1. The fourth-order valence-corrected chi connectivity index (χ4v) is 1.89. The zero-order valence-electron chi connectivity index (χ0n) is 9.78. The molecule has 0 unspecified atom stereocenters. The molecule has 0 spiro atoms. The molecule has 0 aliphatic carbocycles. The van der Waals surface area contributed by atoms with E-state index in [-0.39, 0.29) is 13.2 Å². The molecule has 0 radical (unpaired) electrons. The summed E-state index contributed by atoms with van der Waals surface area (Å²) in [6, 6.07) is 6.55. The van der Waals surface area contributed by atoms with E-state index in [1.807, 2.05) is 0 Å². The van der Waals surface area contributed by atoms with Crippen LogP contribution in [0, 0.1) is 0 Å². The zero-order chi connectivity index (χ0) is 13.0. The fraction of sp³-hybridized carbons (Fsp3) is 0.417. The molecule has 1 atom stereocenters. The number of hydrogen-bond donors (Lipinski definition) is 3. The van der Waals surface area contributed by atoms with Crippen LogP contribution in [0.2, 0.25) is 5.02 Å². The summed E-state index contributed by atoms with van der Waals surface area (Å²) < 4.78 is 5.09. The van der Waals surface area contributed by atoms with Gasteiger partial charge in [-0.05, 0) is 12.1 Å². The third-order valence-corrected chi connectivity index (χ3v) is 3.11. The van der Waals surface area contributed by atoms with Gasteiger partial charge in [-0.2, -0.15) is 0 Å². The van der Waals surface area contributed by atoms with Gasteiger partial charge in [-0.1, -0.05) is 23.7 Å². The molecule has 1 aromatic rings. The molecule has 2 rings (SSSR count). The SMILES string of the molecule is O=C(NC[C@]1(O)CCOC1)Nc1ccccc1Cl. The topological polar surface area (TPSA) is 70.6 Å². The quantitative estimate of drug-likeness (QED) is 0.782. The van der Waals surface area contributed by atoms with Crippen LogP contribution >= 0.6 is 11.6 Å². The summed E-state index contributed by atoms with van der Waals surface area (Å²) in [5.41, 5.74) is -0.427. The van der Waals surface area contributed by atoms with Crippen molar-refractivity contribution in [3.63, 3.8) is 0 Å². The lowest BCUT2D eigenvalue weighted by Gasteiger charge is -2.20. The van der Waals surface area contributed by atoms with E-state index in [1.54, 1.807) is 24.3 Å². The predicted octanol–water partition coefficient (Wildman–Crippen LogP) is 1.61. The van der Waals surface area contributed by atoms with Gasteiger partial charge >= 0.3 is 6.03 Å². The molecule has 98 valence electrons. The van der Waals surface area contributed by atoms with E-state index in [0.29, 0.717) is 23.7 Å². The lowest BCUT2D eigenvalue weighted by Crippen LogP contribution is -2.44. The molecule has 1 saturated heterocycles. The van der Waals surface area contributed by atoms with E-state index in [0.717, 1.165) is 0 Å². The van der Waals surface area contributed by atoms with Gasteiger partial charge < -0.3 is 20.5 Å². The van der Waals surface area contributed by atoms with Crippen molar-refractivity contribution in [2.75, 3.05) is 25.1 Å². The highest BCUT2D eigenvalue weighted by Gasteiger charge is 2.32. The lowest BCUT2D eigenvalue weighted by molar-refractivity contribution is 0.0295. The second-order valence-corrected chi connectivity index (χ2v) is 4.72. The van der Waals surface area contributed by atoms with Gasteiger partial charge in [-0.25, -0.2) is 4.79 Å². The minimum atomic E-state index is -0.960. The van der Waals surface area contributed by atoms with Crippen LogP contribution in [0.3, 0.4) is 0 Å². The van der Waals surface area contributed by atoms with Crippen molar-refractivity contribution in [2.45, 2.75) is 12.0 Å². The van der Waals surface area contributed by atoms with Crippen LogP contribution in [0.4, 0.5) is 10.5 Å². The number of nitrogens with one attached hydrogen (secondary N) is 2. The number of ether oxygens (including phenoxy) is 1. The molecule has 1 aliphatic heterocycles. The standard InChI is InChI=1S/C12H15ClN2O3/c13-9-3-1-2-4-10(9)15-11(16)14-7-12(17)5-6-18-8-12/h1-4,17H,5-8H2,(H2,14,15,16)/t12-/m1/s1. The minimum absolute atomic E-state index is 0.156. The van der Waals surface area contributed by atoms with Gasteiger partial charge in [0.2, 0.25) is 0 Å². The Balaban J connectivity index is 1.84. The van der Waals surface area contributed by atoms with E-state index >= 15 is 0 Å². The number of hydrogen-bond acceptors (Lipinski definition) is 3. The Hall–Kier alpha value is -1.30. The van der Waals surface area contributed by atoms with Crippen molar-refractivity contribution < 1.29 is 14.6 Å². The number of benzene rings is 1. The number of urea groups is 1. The van der Waals surface area contributed by atoms with E-state index in [2.05, 4.69) is 10.6 Å². The summed E-state index contributed by atoms with van der Waals surface area (Å²) >= 11 is 5.91. The molecule has 0 aromatic heterocycles. The van der Waals surface area contributed by atoms with Crippen LogP contribution in [0.25, 0.3) is 0 Å². The summed E-state index contributed by atoms with van der Waals surface area (Å²) in [4.78, 5) is 11.6. The highest BCUT2D eigenvalue weighted by atomic mass is 35.5. The van der Waals surface area contributed by atoms with Gasteiger partial charge in [-0.3, -0.25) is 0 Å². The summed E-state index contributed by atoms with van der Waals surface area (Å²) in [7, 11) is 0. The summed E-state index contributed by atoms with van der Waals surface area (Å²) in [6.45, 7) is 0.924. The van der Waals surface area contributed by atoms with Crippen molar-refractivity contribution in [1.29, 1.82) is 0 Å². The van der Waals surface area contributed by atoms with E-state index < -0.39 is 11.6 Å². The van der Waals surface area contributed by atoms with Gasteiger partial charge in [0.1, 0.15) is 5.60 Å². The van der Waals surface area contributed by atoms with Gasteiger partial charge in [0.25, 0.3) is 0 Å². The number of anilines is 1. The van der Waals surface area contributed by atoms with Gasteiger partial charge in [0, 0.05) is 13.0 Å². The molecule has 1 fully saturated rings. The number of rotatable bonds is 3. The lowest BCUT2D eigenvalue weighted by atomic mass is 10.0. The highest BCUT2D eigenvalue weighted by Crippen LogP contribution is 2.20. The zero-order valence-corrected chi connectivity index (χ0v) is 10.5. The molecular weight excluding hydrogens is 256 g/mol. The summed E-state index contributed by atoms with van der Waals surface area (Å²) in [5.74, 6) is 0. The Morgan fingerprint density at radius 2 is 2.28 bits per heavy atom. The first-order valence-corrected chi connectivity index (χ1v) is 6.06. The third-order valence-electron chi connectivity index (χ3n) is 2.78. The molecule has 0 bridgehead atoms. The third kappa shape index (κ3) is 3.35. The van der Waals surface area contributed by atoms with Gasteiger partial charge in [0.05, 0.1) is 23.9 Å². The number of amides is 2. The molecule has 1 heterocycles. The second kappa shape index (κ2) is 5.56. The van der Waals surface area contributed by atoms with Crippen molar-refractivity contribution >= 4 is 23.3 Å². The molecule has 1 aromatic carbocycles. The van der Waals surface area contributed by atoms with Crippen LogP contribution in [-0.2, 0) is 4.74 Å². The number of carbonyl (C=O) groups is 1. The molecule has 3 N–H and O–H groups in total. The van der Waals surface area contributed by atoms with Crippen molar-refractivity contribution in [3.8, 4) is 0 Å². The van der Waals surface area contributed by atoms with Crippen LogP contribution < -0.4 is 10.6 Å². The molecule has 6 heteroatoms. The molecular formula is C12H15ClN2O3. The maximum atomic E-state index is 11.6. The predicted molar refractivity (Wildman–Crippen MR) is 68.9 cm³/mol.